The summed E-state index contributed by atoms with van der Waals surface area (Å²) in [7, 11) is 0. The van der Waals surface area contributed by atoms with E-state index in [1.165, 1.54) is 10.5 Å². The van der Waals surface area contributed by atoms with Gasteiger partial charge < -0.3 is 4.90 Å². The Hall–Kier alpha value is -3.73. The van der Waals surface area contributed by atoms with Crippen molar-refractivity contribution in [3.8, 4) is 0 Å². The Balaban J connectivity index is 1.40. The van der Waals surface area contributed by atoms with Gasteiger partial charge in [-0.2, -0.15) is 0 Å². The molecule has 2 aromatic carbocycles. The molecule has 5 nitrogen and oxygen atoms in total. The molecule has 0 radical (unpaired) electrons. The number of benzene rings is 2. The lowest BCUT2D eigenvalue weighted by Crippen LogP contribution is -2.39. The number of imide groups is 1. The first-order valence-electron chi connectivity index (χ1n) is 12.0. The fourth-order valence-electron chi connectivity index (χ4n) is 4.94. The van der Waals surface area contributed by atoms with Gasteiger partial charge in [-0.15, -0.1) is 0 Å². The van der Waals surface area contributed by atoms with Gasteiger partial charge in [-0.1, -0.05) is 66.2 Å². The summed E-state index contributed by atoms with van der Waals surface area (Å²) in [5.74, 6) is 0.132. The van der Waals surface area contributed by atoms with Crippen LogP contribution in [0.3, 0.4) is 0 Å². The smallest absolute Gasteiger partial charge is 0.278 e. The lowest BCUT2D eigenvalue weighted by molar-refractivity contribution is -0.138. The number of likely N-dealkylation sites (tertiary alicyclic amines) is 1. The number of carbonyl (C=O) groups is 2. The molecular weight excluding hydrogens is 422 g/mol. The molecule has 2 aliphatic heterocycles. The number of rotatable bonds is 6. The van der Waals surface area contributed by atoms with E-state index in [-0.39, 0.29) is 18.4 Å². The number of piperidine rings is 1. The zero-order valence-corrected chi connectivity index (χ0v) is 19.5. The van der Waals surface area contributed by atoms with Crippen LogP contribution in [0, 0.1) is 12.8 Å². The van der Waals surface area contributed by atoms with Gasteiger partial charge in [0.1, 0.15) is 5.70 Å². The van der Waals surface area contributed by atoms with Crippen LogP contribution in [0.5, 0.6) is 0 Å². The lowest BCUT2D eigenvalue weighted by Gasteiger charge is -2.34. The molecule has 5 heteroatoms. The van der Waals surface area contributed by atoms with E-state index in [1.54, 1.807) is 6.20 Å². The summed E-state index contributed by atoms with van der Waals surface area (Å²) in [5.41, 5.74) is 5.04. The third-order valence-corrected chi connectivity index (χ3v) is 6.83. The molecule has 0 spiro atoms. The topological polar surface area (TPSA) is 53.5 Å². The number of carbonyl (C=O) groups excluding carboxylic acids is 2. The molecule has 0 saturated carbocycles. The summed E-state index contributed by atoms with van der Waals surface area (Å²) < 4.78 is 0. The molecule has 0 aliphatic carbocycles. The Morgan fingerprint density at radius 3 is 2.24 bits per heavy atom. The average molecular weight is 452 g/mol. The van der Waals surface area contributed by atoms with Crippen LogP contribution in [0.1, 0.15) is 35.2 Å². The molecule has 1 saturated heterocycles. The lowest BCUT2D eigenvalue weighted by atomic mass is 9.89. The molecule has 34 heavy (non-hydrogen) atoms. The molecule has 2 aliphatic rings. The van der Waals surface area contributed by atoms with Gasteiger partial charge in [-0.25, -0.2) is 0 Å². The molecule has 3 heterocycles. The standard InChI is InChI=1S/C29H29N3O2/c1-21-10-12-24(13-11-21)26-27(29(34)32(28(26)33)20-25-9-5-6-16-30-25)31-17-14-23(15-18-31)19-22-7-3-2-4-8-22/h2-13,16,23H,14-15,17-20H2,1H3. The van der Waals surface area contributed by atoms with Crippen molar-refractivity contribution >= 4 is 17.4 Å². The molecular formula is C29H29N3O2. The number of amides is 2. The van der Waals surface area contributed by atoms with E-state index in [0.717, 1.165) is 43.5 Å². The Morgan fingerprint density at radius 1 is 0.853 bits per heavy atom. The number of nitrogens with zero attached hydrogens (tertiary/aromatic N) is 3. The highest BCUT2D eigenvalue weighted by Gasteiger charge is 2.42. The van der Waals surface area contributed by atoms with E-state index in [1.807, 2.05) is 55.5 Å². The first-order chi connectivity index (χ1) is 16.6. The van der Waals surface area contributed by atoms with Gasteiger partial charge in [0, 0.05) is 19.3 Å². The number of hydrogen-bond donors (Lipinski definition) is 0. The van der Waals surface area contributed by atoms with Crippen molar-refractivity contribution < 1.29 is 9.59 Å². The second-order valence-electron chi connectivity index (χ2n) is 9.23. The monoisotopic (exact) mass is 451 g/mol. The van der Waals surface area contributed by atoms with Crippen LogP contribution in [-0.4, -0.2) is 39.7 Å². The van der Waals surface area contributed by atoms with E-state index in [2.05, 4.69) is 34.1 Å². The van der Waals surface area contributed by atoms with Gasteiger partial charge in [-0.05, 0) is 55.4 Å². The molecule has 2 amide bonds. The fourth-order valence-corrected chi connectivity index (χ4v) is 4.94. The maximum absolute atomic E-state index is 13.6. The minimum absolute atomic E-state index is 0.182. The Bertz CT molecular complexity index is 1200. The van der Waals surface area contributed by atoms with Crippen molar-refractivity contribution in [1.82, 2.24) is 14.8 Å². The maximum Gasteiger partial charge on any atom is 0.278 e. The Labute approximate surface area is 200 Å². The van der Waals surface area contributed by atoms with Gasteiger partial charge in [0.2, 0.25) is 0 Å². The van der Waals surface area contributed by atoms with Crippen molar-refractivity contribution in [3.05, 3.63) is 107 Å². The molecule has 1 fully saturated rings. The molecule has 5 rings (SSSR count). The molecule has 0 bridgehead atoms. The van der Waals surface area contributed by atoms with E-state index in [9.17, 15) is 9.59 Å². The van der Waals surface area contributed by atoms with Gasteiger partial charge in [0.15, 0.2) is 0 Å². The van der Waals surface area contributed by atoms with Crippen LogP contribution in [-0.2, 0) is 22.6 Å². The van der Waals surface area contributed by atoms with Crippen molar-refractivity contribution in [2.24, 2.45) is 5.92 Å². The van der Waals surface area contributed by atoms with Crippen molar-refractivity contribution in [2.75, 3.05) is 13.1 Å². The summed E-state index contributed by atoms with van der Waals surface area (Å²) in [5, 5.41) is 0. The van der Waals surface area contributed by atoms with Gasteiger partial charge in [0.05, 0.1) is 17.8 Å². The van der Waals surface area contributed by atoms with Crippen molar-refractivity contribution in [3.63, 3.8) is 0 Å². The predicted molar refractivity (Wildman–Crippen MR) is 132 cm³/mol. The molecule has 1 aromatic heterocycles. The molecule has 172 valence electrons. The van der Waals surface area contributed by atoms with Crippen LogP contribution in [0.2, 0.25) is 0 Å². The SMILES string of the molecule is Cc1ccc(C2=C(N3CCC(Cc4ccccc4)CC3)C(=O)N(Cc3ccccn3)C2=O)cc1. The first-order valence-corrected chi connectivity index (χ1v) is 12.0. The van der Waals surface area contributed by atoms with E-state index < -0.39 is 0 Å². The quantitative estimate of drug-likeness (QED) is 0.513. The van der Waals surface area contributed by atoms with Crippen molar-refractivity contribution in [2.45, 2.75) is 32.7 Å². The largest absolute Gasteiger partial charge is 0.366 e. The normalized spacial score (nSPS) is 17.1. The van der Waals surface area contributed by atoms with Gasteiger partial charge in [-0.3, -0.25) is 19.5 Å². The zero-order valence-electron chi connectivity index (χ0n) is 19.5. The van der Waals surface area contributed by atoms with Crippen LogP contribution in [0.15, 0.2) is 84.7 Å². The molecule has 0 unspecified atom stereocenters. The highest BCUT2D eigenvalue weighted by atomic mass is 16.2. The third-order valence-electron chi connectivity index (χ3n) is 6.83. The van der Waals surface area contributed by atoms with Crippen LogP contribution in [0.25, 0.3) is 5.57 Å². The Morgan fingerprint density at radius 2 is 1.56 bits per heavy atom. The minimum atomic E-state index is -0.235. The number of aromatic nitrogens is 1. The second kappa shape index (κ2) is 9.64. The summed E-state index contributed by atoms with van der Waals surface area (Å²) in [6, 6.07) is 24.0. The summed E-state index contributed by atoms with van der Waals surface area (Å²) >= 11 is 0. The minimum Gasteiger partial charge on any atom is -0.366 e. The van der Waals surface area contributed by atoms with Crippen LogP contribution >= 0.6 is 0 Å². The summed E-state index contributed by atoms with van der Waals surface area (Å²) in [6.07, 6.45) is 4.74. The summed E-state index contributed by atoms with van der Waals surface area (Å²) in [6.45, 7) is 3.75. The molecule has 0 atom stereocenters. The number of aryl methyl sites for hydroxylation is 1. The number of pyridine rings is 1. The van der Waals surface area contributed by atoms with Gasteiger partial charge in [0.25, 0.3) is 11.8 Å². The predicted octanol–water partition coefficient (Wildman–Crippen LogP) is 4.62. The third kappa shape index (κ3) is 4.51. The van der Waals surface area contributed by atoms with E-state index in [4.69, 9.17) is 0 Å². The fraction of sp³-hybridized carbons (Fsp3) is 0.276. The van der Waals surface area contributed by atoms with Crippen molar-refractivity contribution in [1.29, 1.82) is 0 Å². The van der Waals surface area contributed by atoms with Crippen LogP contribution in [0.4, 0.5) is 0 Å². The summed E-state index contributed by atoms with van der Waals surface area (Å²) in [4.78, 5) is 35.0. The highest BCUT2D eigenvalue weighted by Crippen LogP contribution is 2.35. The first kappa shape index (κ1) is 22.1. The van der Waals surface area contributed by atoms with E-state index in [0.29, 0.717) is 22.9 Å². The van der Waals surface area contributed by atoms with E-state index >= 15 is 0 Å². The number of hydrogen-bond acceptors (Lipinski definition) is 4. The van der Waals surface area contributed by atoms with Crippen LogP contribution < -0.4 is 0 Å². The molecule has 0 N–H and O–H groups in total. The Kier molecular flexibility index (Phi) is 6.26. The average Bonchev–Trinajstić information content (AvgIpc) is 3.11. The highest BCUT2D eigenvalue weighted by molar-refractivity contribution is 6.35. The molecule has 3 aromatic rings. The van der Waals surface area contributed by atoms with Gasteiger partial charge >= 0.3 is 0 Å². The second-order valence-corrected chi connectivity index (χ2v) is 9.23. The zero-order chi connectivity index (χ0) is 23.5. The maximum atomic E-state index is 13.6.